The summed E-state index contributed by atoms with van der Waals surface area (Å²) in [6.07, 6.45) is 3.70. The maximum Gasteiger partial charge on any atom is 0.191 e. The molecule has 1 saturated heterocycles. The fourth-order valence-electron chi connectivity index (χ4n) is 2.39. The molecule has 114 valence electrons. The fraction of sp³-hybridized carbons (Fsp3) is 0.929. The topological polar surface area (TPSA) is 39.7 Å². The second kappa shape index (κ2) is 11.8. The maximum absolute atomic E-state index is 4.70. The predicted octanol–water partition coefficient (Wildman–Crippen LogP) is 2.30. The average Bonchev–Trinajstić information content (AvgIpc) is 2.81. The molecule has 0 bridgehead atoms. The number of nitrogens with one attached hydrogen (secondary N) is 2. The fourth-order valence-corrected chi connectivity index (χ4v) is 2.39. The van der Waals surface area contributed by atoms with E-state index in [1.165, 1.54) is 32.5 Å². The van der Waals surface area contributed by atoms with Crippen LogP contribution in [-0.4, -0.2) is 50.1 Å². The molecule has 1 rings (SSSR count). The third-order valence-corrected chi connectivity index (χ3v) is 3.30. The van der Waals surface area contributed by atoms with Crippen molar-refractivity contribution in [2.75, 3.05) is 39.3 Å². The first kappa shape index (κ1) is 19.0. The maximum atomic E-state index is 4.70. The summed E-state index contributed by atoms with van der Waals surface area (Å²) in [4.78, 5) is 7.26. The summed E-state index contributed by atoms with van der Waals surface area (Å²) in [6.45, 7) is 13.2. The second-order valence-corrected chi connectivity index (χ2v) is 5.10. The third-order valence-electron chi connectivity index (χ3n) is 3.30. The molecule has 1 unspecified atom stereocenters. The number of aliphatic imine (C=N–C) groups is 1. The Morgan fingerprint density at radius 3 is 2.63 bits per heavy atom. The Labute approximate surface area is 135 Å². The Kier molecular flexibility index (Phi) is 11.7. The van der Waals surface area contributed by atoms with Crippen molar-refractivity contribution in [2.45, 2.75) is 40.0 Å². The number of halogens is 1. The number of likely N-dealkylation sites (tertiary alicyclic amines) is 1. The van der Waals surface area contributed by atoms with Gasteiger partial charge in [-0.3, -0.25) is 4.99 Å². The van der Waals surface area contributed by atoms with Crippen LogP contribution < -0.4 is 10.6 Å². The first-order valence-corrected chi connectivity index (χ1v) is 7.54. The van der Waals surface area contributed by atoms with Gasteiger partial charge in [0.25, 0.3) is 0 Å². The summed E-state index contributed by atoms with van der Waals surface area (Å²) in [6, 6.07) is 0. The highest BCUT2D eigenvalue weighted by molar-refractivity contribution is 14.0. The van der Waals surface area contributed by atoms with Crippen LogP contribution >= 0.6 is 24.0 Å². The van der Waals surface area contributed by atoms with Crippen molar-refractivity contribution in [3.05, 3.63) is 0 Å². The van der Waals surface area contributed by atoms with E-state index in [0.29, 0.717) is 0 Å². The molecule has 4 nitrogen and oxygen atoms in total. The Hall–Kier alpha value is -0.0400. The lowest BCUT2D eigenvalue weighted by atomic mass is 10.1. The molecule has 0 aliphatic carbocycles. The second-order valence-electron chi connectivity index (χ2n) is 5.10. The quantitative estimate of drug-likeness (QED) is 0.403. The molecule has 0 aromatic heterocycles. The van der Waals surface area contributed by atoms with Crippen molar-refractivity contribution in [3.63, 3.8) is 0 Å². The average molecular weight is 382 g/mol. The molecule has 1 aliphatic heterocycles. The standard InChI is InChI=1S/C14H30N4.HI/c1-4-8-16-14(15-6-3)17-11-13-7-10-18(12-13)9-5-2;/h13H,4-12H2,1-3H3,(H2,15,16,17);1H. The summed E-state index contributed by atoms with van der Waals surface area (Å²) in [5, 5.41) is 6.66. The molecule has 19 heavy (non-hydrogen) atoms. The van der Waals surface area contributed by atoms with Gasteiger partial charge in [0.05, 0.1) is 0 Å². The highest BCUT2D eigenvalue weighted by Crippen LogP contribution is 2.16. The Balaban J connectivity index is 0.00000324. The summed E-state index contributed by atoms with van der Waals surface area (Å²) in [7, 11) is 0. The van der Waals surface area contributed by atoms with Gasteiger partial charge in [0.15, 0.2) is 5.96 Å². The van der Waals surface area contributed by atoms with Crippen molar-refractivity contribution < 1.29 is 0 Å². The lowest BCUT2D eigenvalue weighted by molar-refractivity contribution is 0.326. The molecule has 1 aliphatic rings. The lowest BCUT2D eigenvalue weighted by Gasteiger charge is -2.14. The molecule has 1 fully saturated rings. The minimum atomic E-state index is 0. The van der Waals surface area contributed by atoms with Gasteiger partial charge >= 0.3 is 0 Å². The van der Waals surface area contributed by atoms with Gasteiger partial charge in [0, 0.05) is 26.2 Å². The molecule has 0 aromatic rings. The van der Waals surface area contributed by atoms with E-state index in [1.807, 2.05) is 0 Å². The summed E-state index contributed by atoms with van der Waals surface area (Å²) >= 11 is 0. The van der Waals surface area contributed by atoms with E-state index in [1.54, 1.807) is 0 Å². The number of hydrogen-bond donors (Lipinski definition) is 2. The van der Waals surface area contributed by atoms with Crippen LogP contribution in [0.1, 0.15) is 40.0 Å². The molecule has 0 amide bonds. The SMILES string of the molecule is CCCNC(=NCC1CCN(CCC)C1)NCC.I. The van der Waals surface area contributed by atoms with Crippen LogP contribution in [0.2, 0.25) is 0 Å². The Morgan fingerprint density at radius 1 is 1.21 bits per heavy atom. The number of nitrogens with zero attached hydrogens (tertiary/aromatic N) is 2. The van der Waals surface area contributed by atoms with E-state index in [4.69, 9.17) is 4.99 Å². The van der Waals surface area contributed by atoms with Gasteiger partial charge in [-0.15, -0.1) is 24.0 Å². The van der Waals surface area contributed by atoms with Crippen LogP contribution in [0, 0.1) is 5.92 Å². The van der Waals surface area contributed by atoms with E-state index in [2.05, 4.69) is 36.3 Å². The van der Waals surface area contributed by atoms with Crippen LogP contribution in [-0.2, 0) is 0 Å². The smallest absolute Gasteiger partial charge is 0.191 e. The molecule has 2 N–H and O–H groups in total. The van der Waals surface area contributed by atoms with Crippen molar-refractivity contribution in [1.82, 2.24) is 15.5 Å². The largest absolute Gasteiger partial charge is 0.357 e. The highest BCUT2D eigenvalue weighted by atomic mass is 127. The first-order chi connectivity index (χ1) is 8.80. The molecule has 0 saturated carbocycles. The van der Waals surface area contributed by atoms with E-state index >= 15 is 0 Å². The van der Waals surface area contributed by atoms with Gasteiger partial charge in [0.2, 0.25) is 0 Å². The summed E-state index contributed by atoms with van der Waals surface area (Å²) in [5.41, 5.74) is 0. The zero-order valence-corrected chi connectivity index (χ0v) is 15.1. The number of hydrogen-bond acceptors (Lipinski definition) is 2. The van der Waals surface area contributed by atoms with Crippen LogP contribution in [0.4, 0.5) is 0 Å². The van der Waals surface area contributed by atoms with Crippen LogP contribution in [0.25, 0.3) is 0 Å². The molecular weight excluding hydrogens is 351 g/mol. The van der Waals surface area contributed by atoms with Crippen LogP contribution in [0.15, 0.2) is 4.99 Å². The Bertz CT molecular complexity index is 246. The lowest BCUT2D eigenvalue weighted by Crippen LogP contribution is -2.38. The minimum absolute atomic E-state index is 0. The van der Waals surface area contributed by atoms with Crippen LogP contribution in [0.3, 0.4) is 0 Å². The van der Waals surface area contributed by atoms with Crippen molar-refractivity contribution >= 4 is 29.9 Å². The van der Waals surface area contributed by atoms with Crippen molar-refractivity contribution in [3.8, 4) is 0 Å². The van der Waals surface area contributed by atoms with Crippen molar-refractivity contribution in [1.29, 1.82) is 0 Å². The minimum Gasteiger partial charge on any atom is -0.357 e. The van der Waals surface area contributed by atoms with Gasteiger partial charge in [-0.2, -0.15) is 0 Å². The number of rotatable bonds is 7. The van der Waals surface area contributed by atoms with E-state index in [9.17, 15) is 0 Å². The van der Waals surface area contributed by atoms with Gasteiger partial charge in [0.1, 0.15) is 0 Å². The van der Waals surface area contributed by atoms with Gasteiger partial charge < -0.3 is 15.5 Å². The summed E-state index contributed by atoms with van der Waals surface area (Å²) < 4.78 is 0. The van der Waals surface area contributed by atoms with Crippen LogP contribution in [0.5, 0.6) is 0 Å². The third kappa shape index (κ3) is 7.97. The molecule has 5 heteroatoms. The predicted molar refractivity (Wildman–Crippen MR) is 94.5 cm³/mol. The zero-order chi connectivity index (χ0) is 13.2. The summed E-state index contributed by atoms with van der Waals surface area (Å²) in [5.74, 6) is 1.72. The highest BCUT2D eigenvalue weighted by Gasteiger charge is 2.21. The van der Waals surface area contributed by atoms with Gasteiger partial charge in [-0.25, -0.2) is 0 Å². The van der Waals surface area contributed by atoms with Gasteiger partial charge in [-0.1, -0.05) is 13.8 Å². The Morgan fingerprint density at radius 2 is 2.00 bits per heavy atom. The van der Waals surface area contributed by atoms with Gasteiger partial charge in [-0.05, 0) is 45.2 Å². The molecule has 1 heterocycles. The molecule has 1 atom stereocenters. The molecule has 0 radical (unpaired) electrons. The van der Waals surface area contributed by atoms with E-state index in [0.717, 1.165) is 37.9 Å². The van der Waals surface area contributed by atoms with Crippen molar-refractivity contribution in [2.24, 2.45) is 10.9 Å². The molecular formula is C14H31IN4. The molecule has 0 spiro atoms. The normalized spacial score (nSPS) is 20.2. The zero-order valence-electron chi connectivity index (χ0n) is 12.7. The van der Waals surface area contributed by atoms with E-state index in [-0.39, 0.29) is 24.0 Å². The first-order valence-electron chi connectivity index (χ1n) is 7.54. The number of guanidine groups is 1. The monoisotopic (exact) mass is 382 g/mol. The molecule has 0 aromatic carbocycles. The van der Waals surface area contributed by atoms with E-state index < -0.39 is 0 Å².